The number of phenols is 1. The molecule has 1 atom stereocenters. The molecule has 0 radical (unpaired) electrons. The molecule has 100 valence electrons. The van der Waals surface area contributed by atoms with Crippen LogP contribution in [0.5, 0.6) is 5.75 Å². The molecule has 0 aliphatic carbocycles. The van der Waals surface area contributed by atoms with Gasteiger partial charge in [-0.1, -0.05) is 43.3 Å². The van der Waals surface area contributed by atoms with Gasteiger partial charge in [0.15, 0.2) is 0 Å². The minimum absolute atomic E-state index is 0.301. The molecule has 0 aromatic heterocycles. The minimum atomic E-state index is 0.301. The summed E-state index contributed by atoms with van der Waals surface area (Å²) in [6, 6.07) is 16.5. The summed E-state index contributed by atoms with van der Waals surface area (Å²) in [5, 5.41) is 12.7. The first kappa shape index (κ1) is 13.6. The lowest BCUT2D eigenvalue weighted by Gasteiger charge is -2.17. The van der Waals surface area contributed by atoms with Gasteiger partial charge in [-0.15, -0.1) is 0 Å². The number of aryl methyl sites for hydroxylation is 1. The molecule has 2 nitrogen and oxygen atoms in total. The van der Waals surface area contributed by atoms with Crippen LogP contribution in [0.1, 0.15) is 29.7 Å². The van der Waals surface area contributed by atoms with Crippen molar-refractivity contribution in [3.05, 3.63) is 65.2 Å². The molecule has 2 heteroatoms. The Morgan fingerprint density at radius 2 is 1.53 bits per heavy atom. The van der Waals surface area contributed by atoms with Gasteiger partial charge in [0.25, 0.3) is 0 Å². The Kier molecular flexibility index (Phi) is 4.58. The monoisotopic (exact) mass is 255 g/mol. The van der Waals surface area contributed by atoms with Crippen LogP contribution in [0.3, 0.4) is 0 Å². The molecule has 0 aliphatic heterocycles. The number of likely N-dealkylation sites (N-methyl/N-ethyl adjacent to an activating group) is 1. The molecular formula is C17H21NO. The SMILES string of the molecule is CCc1ccc(C(Cc2ccc(O)cc2)NC)cc1. The molecular weight excluding hydrogens is 234 g/mol. The van der Waals surface area contributed by atoms with Crippen LogP contribution in [0.4, 0.5) is 0 Å². The maximum Gasteiger partial charge on any atom is 0.115 e. The Balaban J connectivity index is 2.12. The first-order chi connectivity index (χ1) is 9.22. The lowest BCUT2D eigenvalue weighted by molar-refractivity contribution is 0.475. The molecule has 1 unspecified atom stereocenters. The third kappa shape index (κ3) is 3.58. The molecule has 0 spiro atoms. The molecule has 0 saturated carbocycles. The smallest absolute Gasteiger partial charge is 0.115 e. The van der Waals surface area contributed by atoms with E-state index in [0.717, 1.165) is 12.8 Å². The van der Waals surface area contributed by atoms with E-state index in [2.05, 4.69) is 36.5 Å². The zero-order chi connectivity index (χ0) is 13.7. The quantitative estimate of drug-likeness (QED) is 0.857. The lowest BCUT2D eigenvalue weighted by Crippen LogP contribution is -2.18. The van der Waals surface area contributed by atoms with Gasteiger partial charge in [-0.25, -0.2) is 0 Å². The highest BCUT2D eigenvalue weighted by Gasteiger charge is 2.09. The van der Waals surface area contributed by atoms with Gasteiger partial charge in [-0.2, -0.15) is 0 Å². The number of hydrogen-bond acceptors (Lipinski definition) is 2. The minimum Gasteiger partial charge on any atom is -0.508 e. The average Bonchev–Trinajstić information content (AvgIpc) is 2.47. The van der Waals surface area contributed by atoms with E-state index in [-0.39, 0.29) is 0 Å². The summed E-state index contributed by atoms with van der Waals surface area (Å²) in [7, 11) is 1.98. The molecule has 19 heavy (non-hydrogen) atoms. The van der Waals surface area contributed by atoms with E-state index >= 15 is 0 Å². The highest BCUT2D eigenvalue weighted by Crippen LogP contribution is 2.20. The molecule has 0 saturated heterocycles. The molecule has 2 aromatic rings. The van der Waals surface area contributed by atoms with E-state index in [1.54, 1.807) is 12.1 Å². The Bertz CT molecular complexity index is 502. The first-order valence-corrected chi connectivity index (χ1v) is 6.77. The standard InChI is InChI=1S/C17H21NO/c1-3-13-4-8-15(9-5-13)17(18-2)12-14-6-10-16(19)11-7-14/h4-11,17-19H,3,12H2,1-2H3. The van der Waals surface area contributed by atoms with Crippen molar-refractivity contribution < 1.29 is 5.11 Å². The van der Waals surface area contributed by atoms with Gasteiger partial charge < -0.3 is 10.4 Å². The van der Waals surface area contributed by atoms with Crippen molar-refractivity contribution in [3.8, 4) is 5.75 Å². The highest BCUT2D eigenvalue weighted by atomic mass is 16.3. The van der Waals surface area contributed by atoms with Crippen molar-refractivity contribution in [2.24, 2.45) is 0 Å². The van der Waals surface area contributed by atoms with Crippen LogP contribution in [0.25, 0.3) is 0 Å². The second-order valence-corrected chi connectivity index (χ2v) is 4.81. The van der Waals surface area contributed by atoms with Crippen LogP contribution in [-0.4, -0.2) is 12.2 Å². The van der Waals surface area contributed by atoms with E-state index in [4.69, 9.17) is 0 Å². The van der Waals surface area contributed by atoms with Gasteiger partial charge in [-0.3, -0.25) is 0 Å². The third-order valence-electron chi connectivity index (χ3n) is 3.51. The predicted molar refractivity (Wildman–Crippen MR) is 79.4 cm³/mol. The molecule has 2 aromatic carbocycles. The molecule has 0 aliphatic rings. The summed E-state index contributed by atoms with van der Waals surface area (Å²) in [5.74, 6) is 0.317. The molecule has 2 N–H and O–H groups in total. The lowest BCUT2D eigenvalue weighted by atomic mass is 9.97. The fourth-order valence-corrected chi connectivity index (χ4v) is 2.24. The summed E-state index contributed by atoms with van der Waals surface area (Å²) in [6.45, 7) is 2.17. The number of phenolic OH excluding ortho intramolecular Hbond substituents is 1. The molecule has 2 rings (SSSR count). The van der Waals surface area contributed by atoms with Crippen molar-refractivity contribution in [2.75, 3.05) is 7.05 Å². The van der Waals surface area contributed by atoms with Crippen molar-refractivity contribution >= 4 is 0 Å². The fraction of sp³-hybridized carbons (Fsp3) is 0.294. The summed E-state index contributed by atoms with van der Waals surface area (Å²) in [4.78, 5) is 0. The van der Waals surface area contributed by atoms with Crippen LogP contribution in [0.15, 0.2) is 48.5 Å². The highest BCUT2D eigenvalue weighted by molar-refractivity contribution is 5.30. The molecule has 0 bridgehead atoms. The summed E-state index contributed by atoms with van der Waals surface area (Å²) >= 11 is 0. The van der Waals surface area contributed by atoms with E-state index in [0.29, 0.717) is 11.8 Å². The summed E-state index contributed by atoms with van der Waals surface area (Å²) in [5.41, 5.74) is 3.88. The third-order valence-corrected chi connectivity index (χ3v) is 3.51. The Morgan fingerprint density at radius 3 is 2.05 bits per heavy atom. The van der Waals surface area contributed by atoms with Crippen molar-refractivity contribution in [1.82, 2.24) is 5.32 Å². The van der Waals surface area contributed by atoms with Gasteiger partial charge >= 0.3 is 0 Å². The van der Waals surface area contributed by atoms with Crippen LogP contribution in [0.2, 0.25) is 0 Å². The van der Waals surface area contributed by atoms with E-state index in [9.17, 15) is 5.11 Å². The van der Waals surface area contributed by atoms with Crippen LogP contribution in [-0.2, 0) is 12.8 Å². The maximum atomic E-state index is 9.31. The van der Waals surface area contributed by atoms with Crippen LogP contribution >= 0.6 is 0 Å². The van der Waals surface area contributed by atoms with Gasteiger partial charge in [0, 0.05) is 6.04 Å². The number of aromatic hydroxyl groups is 1. The Morgan fingerprint density at radius 1 is 0.947 bits per heavy atom. The average molecular weight is 255 g/mol. The molecule has 0 heterocycles. The summed E-state index contributed by atoms with van der Waals surface area (Å²) in [6.07, 6.45) is 1.99. The second-order valence-electron chi connectivity index (χ2n) is 4.81. The van der Waals surface area contributed by atoms with Crippen LogP contribution in [0, 0.1) is 0 Å². The number of benzene rings is 2. The topological polar surface area (TPSA) is 32.3 Å². The van der Waals surface area contributed by atoms with E-state index < -0.39 is 0 Å². The first-order valence-electron chi connectivity index (χ1n) is 6.77. The van der Waals surface area contributed by atoms with E-state index in [1.165, 1.54) is 16.7 Å². The number of rotatable bonds is 5. The van der Waals surface area contributed by atoms with Crippen LogP contribution < -0.4 is 5.32 Å². The maximum absolute atomic E-state index is 9.31. The zero-order valence-electron chi connectivity index (χ0n) is 11.6. The largest absolute Gasteiger partial charge is 0.508 e. The fourth-order valence-electron chi connectivity index (χ4n) is 2.24. The molecule has 0 amide bonds. The van der Waals surface area contributed by atoms with Crippen molar-refractivity contribution in [2.45, 2.75) is 25.8 Å². The normalized spacial score (nSPS) is 12.3. The number of hydrogen-bond donors (Lipinski definition) is 2. The van der Waals surface area contributed by atoms with Gasteiger partial charge in [0.2, 0.25) is 0 Å². The van der Waals surface area contributed by atoms with Gasteiger partial charge in [-0.05, 0) is 48.7 Å². The Hall–Kier alpha value is -1.80. The Labute approximate surface area is 115 Å². The van der Waals surface area contributed by atoms with Crippen molar-refractivity contribution in [1.29, 1.82) is 0 Å². The summed E-state index contributed by atoms with van der Waals surface area (Å²) < 4.78 is 0. The van der Waals surface area contributed by atoms with Gasteiger partial charge in [0.1, 0.15) is 5.75 Å². The second kappa shape index (κ2) is 6.39. The van der Waals surface area contributed by atoms with Crippen molar-refractivity contribution in [3.63, 3.8) is 0 Å². The number of nitrogens with one attached hydrogen (secondary N) is 1. The van der Waals surface area contributed by atoms with Gasteiger partial charge in [0.05, 0.1) is 0 Å². The van der Waals surface area contributed by atoms with E-state index in [1.807, 2.05) is 19.2 Å². The predicted octanol–water partition coefficient (Wildman–Crippen LogP) is 3.46. The zero-order valence-corrected chi connectivity index (χ0v) is 11.6. The molecule has 0 fully saturated rings.